The highest BCUT2D eigenvalue weighted by Crippen LogP contribution is 2.39. The summed E-state index contributed by atoms with van der Waals surface area (Å²) in [5.74, 6) is -1.01. The smallest absolute Gasteiger partial charge is 0.342 e. The number of nitriles is 1. The largest absolute Gasteiger partial charge is 0.452 e. The van der Waals surface area contributed by atoms with Crippen LogP contribution < -0.4 is 5.32 Å². The molecule has 7 heteroatoms. The summed E-state index contributed by atoms with van der Waals surface area (Å²) in [5, 5.41) is 16.7. The molecule has 0 bridgehead atoms. The summed E-state index contributed by atoms with van der Waals surface area (Å²) in [7, 11) is 0. The fourth-order valence-electron chi connectivity index (χ4n) is 3.58. The van der Waals surface area contributed by atoms with Crippen LogP contribution in [-0.4, -0.2) is 33.8 Å². The normalized spacial score (nSPS) is 14.8. The number of carbonyl (C=O) groups excluding carboxylic acids is 2. The molecule has 1 aromatic heterocycles. The van der Waals surface area contributed by atoms with Crippen LogP contribution in [0, 0.1) is 24.2 Å². The van der Waals surface area contributed by atoms with Crippen molar-refractivity contribution >= 4 is 11.9 Å². The second-order valence-electron chi connectivity index (χ2n) is 8.25. The van der Waals surface area contributed by atoms with Crippen LogP contribution >= 0.6 is 0 Å². The van der Waals surface area contributed by atoms with E-state index in [1.807, 2.05) is 61.5 Å². The predicted octanol–water partition coefficient (Wildman–Crippen LogP) is 3.81. The highest BCUT2D eigenvalue weighted by molar-refractivity contribution is 5.97. The molecule has 1 saturated carbocycles. The summed E-state index contributed by atoms with van der Waals surface area (Å²) in [6.45, 7) is 3.23. The van der Waals surface area contributed by atoms with Gasteiger partial charge < -0.3 is 10.1 Å². The third-order valence-corrected chi connectivity index (χ3v) is 5.64. The molecule has 1 unspecified atom stereocenters. The summed E-state index contributed by atoms with van der Waals surface area (Å²) < 4.78 is 6.92. The number of aromatic nitrogens is 2. The van der Waals surface area contributed by atoms with Crippen molar-refractivity contribution in [3.8, 4) is 23.0 Å². The Morgan fingerprint density at radius 3 is 2.50 bits per heavy atom. The van der Waals surface area contributed by atoms with Gasteiger partial charge in [0.05, 0.1) is 11.8 Å². The average Bonchev–Trinajstić information content (AvgIpc) is 3.58. The minimum Gasteiger partial charge on any atom is -0.452 e. The minimum absolute atomic E-state index is 0.143. The second kappa shape index (κ2) is 8.67. The van der Waals surface area contributed by atoms with Crippen LogP contribution in [0.15, 0.2) is 60.8 Å². The van der Waals surface area contributed by atoms with Gasteiger partial charge in [-0.3, -0.25) is 4.79 Å². The van der Waals surface area contributed by atoms with Gasteiger partial charge in [0.1, 0.15) is 16.8 Å². The topological polar surface area (TPSA) is 97.0 Å². The monoisotopic (exact) mass is 428 g/mol. The molecule has 1 fully saturated rings. The van der Waals surface area contributed by atoms with Crippen molar-refractivity contribution < 1.29 is 14.3 Å². The van der Waals surface area contributed by atoms with E-state index in [4.69, 9.17) is 4.74 Å². The van der Waals surface area contributed by atoms with E-state index in [0.29, 0.717) is 5.69 Å². The standard InChI is InChI=1S/C25H24N4O3/c1-17-8-12-20(13-9-17)29-14-21(23(28-29)18-6-4-3-5-7-18)24(31)32-15-22(30)27-25(2,16-26)19-10-11-19/h3-9,12-14,19H,10-11,15H2,1-2H3,(H,27,30). The molecule has 1 aliphatic rings. The van der Waals surface area contributed by atoms with Gasteiger partial charge in [0.2, 0.25) is 0 Å². The zero-order chi connectivity index (χ0) is 22.7. The first kappa shape index (κ1) is 21.3. The second-order valence-corrected chi connectivity index (χ2v) is 8.25. The Hall–Kier alpha value is -3.92. The van der Waals surface area contributed by atoms with E-state index in [-0.39, 0.29) is 11.5 Å². The maximum absolute atomic E-state index is 12.9. The molecule has 1 N–H and O–H groups in total. The van der Waals surface area contributed by atoms with Crippen molar-refractivity contribution in [2.45, 2.75) is 32.2 Å². The molecule has 1 atom stereocenters. The lowest BCUT2D eigenvalue weighted by Gasteiger charge is -2.22. The Labute approximate surface area is 186 Å². The summed E-state index contributed by atoms with van der Waals surface area (Å²) >= 11 is 0. The van der Waals surface area contributed by atoms with E-state index in [1.54, 1.807) is 17.8 Å². The first-order valence-electron chi connectivity index (χ1n) is 10.5. The zero-order valence-electron chi connectivity index (χ0n) is 18.0. The number of hydrogen-bond donors (Lipinski definition) is 1. The molecule has 1 heterocycles. The number of nitrogens with zero attached hydrogens (tertiary/aromatic N) is 3. The van der Waals surface area contributed by atoms with E-state index in [9.17, 15) is 14.9 Å². The Balaban J connectivity index is 1.54. The summed E-state index contributed by atoms with van der Waals surface area (Å²) in [5.41, 5.74) is 2.48. The van der Waals surface area contributed by atoms with Crippen molar-refractivity contribution in [2.75, 3.05) is 6.61 Å². The highest BCUT2D eigenvalue weighted by atomic mass is 16.5. The van der Waals surface area contributed by atoms with Gasteiger partial charge >= 0.3 is 5.97 Å². The molecule has 1 amide bonds. The third kappa shape index (κ3) is 4.54. The molecule has 1 aliphatic carbocycles. The fourth-order valence-corrected chi connectivity index (χ4v) is 3.58. The number of amides is 1. The Morgan fingerprint density at radius 2 is 1.88 bits per heavy atom. The van der Waals surface area contributed by atoms with Crippen molar-refractivity contribution in [3.05, 3.63) is 71.9 Å². The van der Waals surface area contributed by atoms with E-state index < -0.39 is 24.0 Å². The fraction of sp³-hybridized carbons (Fsp3) is 0.280. The Morgan fingerprint density at radius 1 is 1.19 bits per heavy atom. The molecule has 0 aliphatic heterocycles. The summed E-state index contributed by atoms with van der Waals surface area (Å²) in [6, 6.07) is 19.3. The number of carbonyl (C=O) groups is 2. The van der Waals surface area contributed by atoms with Crippen LogP contribution in [0.1, 0.15) is 35.7 Å². The van der Waals surface area contributed by atoms with E-state index in [0.717, 1.165) is 29.7 Å². The van der Waals surface area contributed by atoms with Crippen molar-refractivity contribution in [1.29, 1.82) is 5.26 Å². The minimum atomic E-state index is -0.936. The molecule has 0 spiro atoms. The lowest BCUT2D eigenvalue weighted by molar-refractivity contribution is -0.125. The van der Waals surface area contributed by atoms with Gasteiger partial charge in [0.25, 0.3) is 5.91 Å². The predicted molar refractivity (Wildman–Crippen MR) is 119 cm³/mol. The maximum atomic E-state index is 12.9. The first-order chi connectivity index (χ1) is 15.4. The number of ether oxygens (including phenoxy) is 1. The number of benzene rings is 2. The van der Waals surface area contributed by atoms with Gasteiger partial charge in [-0.05, 0) is 44.7 Å². The van der Waals surface area contributed by atoms with Gasteiger partial charge in [-0.25, -0.2) is 9.48 Å². The van der Waals surface area contributed by atoms with E-state index in [1.165, 1.54) is 0 Å². The quantitative estimate of drug-likeness (QED) is 0.577. The molecule has 162 valence electrons. The van der Waals surface area contributed by atoms with Crippen LogP contribution in [0.3, 0.4) is 0 Å². The number of rotatable bonds is 7. The van der Waals surface area contributed by atoms with Gasteiger partial charge in [-0.2, -0.15) is 10.4 Å². The van der Waals surface area contributed by atoms with Gasteiger partial charge in [0.15, 0.2) is 6.61 Å². The molecule has 2 aromatic carbocycles. The Bertz CT molecular complexity index is 1170. The average molecular weight is 428 g/mol. The lowest BCUT2D eigenvalue weighted by atomic mass is 9.98. The van der Waals surface area contributed by atoms with Crippen LogP contribution in [0.25, 0.3) is 16.9 Å². The van der Waals surface area contributed by atoms with Crippen LogP contribution in [0.5, 0.6) is 0 Å². The van der Waals surface area contributed by atoms with Crippen molar-refractivity contribution in [3.63, 3.8) is 0 Å². The Kier molecular flexibility index (Phi) is 5.78. The maximum Gasteiger partial charge on any atom is 0.342 e. The summed E-state index contributed by atoms with van der Waals surface area (Å²) in [4.78, 5) is 25.2. The van der Waals surface area contributed by atoms with Gasteiger partial charge in [0, 0.05) is 11.8 Å². The molecule has 3 aromatic rings. The zero-order valence-corrected chi connectivity index (χ0v) is 18.0. The molecule has 0 saturated heterocycles. The molecular formula is C25H24N4O3. The number of esters is 1. The number of aryl methyl sites for hydroxylation is 1. The molecule has 4 rings (SSSR count). The van der Waals surface area contributed by atoms with Crippen LogP contribution in [-0.2, 0) is 9.53 Å². The first-order valence-corrected chi connectivity index (χ1v) is 10.5. The molecule has 32 heavy (non-hydrogen) atoms. The van der Waals surface area contributed by atoms with E-state index in [2.05, 4.69) is 16.5 Å². The van der Waals surface area contributed by atoms with Crippen LogP contribution in [0.4, 0.5) is 0 Å². The van der Waals surface area contributed by atoms with Crippen molar-refractivity contribution in [2.24, 2.45) is 5.92 Å². The van der Waals surface area contributed by atoms with Gasteiger partial charge in [-0.1, -0.05) is 48.0 Å². The molecule has 0 radical (unpaired) electrons. The molecular weight excluding hydrogens is 404 g/mol. The molecule has 7 nitrogen and oxygen atoms in total. The highest BCUT2D eigenvalue weighted by Gasteiger charge is 2.43. The third-order valence-electron chi connectivity index (χ3n) is 5.64. The van der Waals surface area contributed by atoms with Crippen molar-refractivity contribution in [1.82, 2.24) is 15.1 Å². The summed E-state index contributed by atoms with van der Waals surface area (Å²) in [6.07, 6.45) is 3.42. The SMILES string of the molecule is Cc1ccc(-n2cc(C(=O)OCC(=O)NC(C)(C#N)C3CC3)c(-c3ccccc3)n2)cc1. The lowest BCUT2D eigenvalue weighted by Crippen LogP contribution is -2.48. The van der Waals surface area contributed by atoms with Crippen LogP contribution in [0.2, 0.25) is 0 Å². The number of nitrogens with one attached hydrogen (secondary N) is 1. The number of hydrogen-bond acceptors (Lipinski definition) is 5. The van der Waals surface area contributed by atoms with E-state index >= 15 is 0 Å². The van der Waals surface area contributed by atoms with Gasteiger partial charge in [-0.15, -0.1) is 0 Å².